The summed E-state index contributed by atoms with van der Waals surface area (Å²) in [5, 5.41) is 0. The van der Waals surface area contributed by atoms with Gasteiger partial charge in [0.25, 0.3) is 10.0 Å². The van der Waals surface area contributed by atoms with Gasteiger partial charge >= 0.3 is 0 Å². The van der Waals surface area contributed by atoms with Crippen LogP contribution in [-0.2, 0) is 10.0 Å². The molecule has 0 aliphatic rings. The van der Waals surface area contributed by atoms with Gasteiger partial charge in [0.1, 0.15) is 0 Å². The highest BCUT2D eigenvalue weighted by molar-refractivity contribution is 7.92. The molecule has 5 nitrogen and oxygen atoms in total. The quantitative estimate of drug-likeness (QED) is 0.937. The summed E-state index contributed by atoms with van der Waals surface area (Å²) in [5.74, 6) is 0.0630. The number of benzene rings is 1. The molecule has 0 fully saturated rings. The van der Waals surface area contributed by atoms with Crippen molar-refractivity contribution in [2.45, 2.75) is 25.7 Å². The largest absolute Gasteiger partial charge is 0.264 e. The van der Waals surface area contributed by atoms with Crippen molar-refractivity contribution in [1.82, 2.24) is 9.97 Å². The van der Waals surface area contributed by atoms with E-state index in [9.17, 15) is 8.42 Å². The van der Waals surface area contributed by atoms with E-state index in [0.29, 0.717) is 0 Å². The highest BCUT2D eigenvalue weighted by atomic mass is 32.2. The maximum atomic E-state index is 11.9. The topological polar surface area (TPSA) is 72.0 Å². The Morgan fingerprint density at radius 2 is 1.53 bits per heavy atom. The van der Waals surface area contributed by atoms with Gasteiger partial charge in [0.2, 0.25) is 5.95 Å². The molecule has 1 aromatic heterocycles. The monoisotopic (exact) mass is 279 g/mol. The number of rotatable bonds is 3. The van der Waals surface area contributed by atoms with E-state index in [4.69, 9.17) is 0 Å². The summed E-state index contributed by atoms with van der Waals surface area (Å²) in [4.78, 5) is 7.80. The maximum Gasteiger partial charge on any atom is 0.264 e. The Morgan fingerprint density at radius 1 is 1.00 bits per heavy atom. The zero-order valence-electron chi connectivity index (χ0n) is 11.2. The molecule has 1 heterocycles. The molecule has 0 aliphatic carbocycles. The van der Waals surface area contributed by atoms with Crippen LogP contribution < -0.4 is 4.72 Å². The average molecular weight is 279 g/mol. The van der Waals surface area contributed by atoms with Crippen molar-refractivity contribution in [3.05, 3.63) is 48.3 Å². The first-order valence-corrected chi connectivity index (χ1v) is 7.43. The van der Waals surface area contributed by atoms with Crippen molar-refractivity contribution in [2.75, 3.05) is 4.72 Å². The van der Waals surface area contributed by atoms with Crippen molar-refractivity contribution >= 4 is 16.0 Å². The molecule has 0 bridgehead atoms. The lowest BCUT2D eigenvalue weighted by Crippen LogP contribution is -2.14. The molecule has 0 spiro atoms. The van der Waals surface area contributed by atoms with E-state index in [1.54, 1.807) is 30.3 Å². The number of nitrogens with zero attached hydrogens (tertiary/aromatic N) is 2. The third-order valence-corrected chi connectivity index (χ3v) is 3.47. The molecule has 19 heavy (non-hydrogen) atoms. The van der Waals surface area contributed by atoms with Crippen LogP contribution in [0.4, 0.5) is 5.95 Å². The summed E-state index contributed by atoms with van der Waals surface area (Å²) in [6.07, 6.45) is 2.94. The van der Waals surface area contributed by atoms with Crippen LogP contribution >= 0.6 is 0 Å². The summed E-state index contributed by atoms with van der Waals surface area (Å²) in [6.45, 7) is 5.89. The van der Waals surface area contributed by atoms with Crippen LogP contribution in [0.3, 0.4) is 0 Å². The van der Waals surface area contributed by atoms with Gasteiger partial charge in [-0.05, 0) is 25.1 Å². The maximum absolute atomic E-state index is 11.9. The molecular weight excluding hydrogens is 262 g/mol. The van der Waals surface area contributed by atoms with Gasteiger partial charge in [-0.2, -0.15) is 0 Å². The Balaban J connectivity index is 0.000000861. The lowest BCUT2D eigenvalue weighted by molar-refractivity contribution is 0.601. The van der Waals surface area contributed by atoms with E-state index in [1.807, 2.05) is 20.8 Å². The van der Waals surface area contributed by atoms with Crippen LogP contribution in [0.25, 0.3) is 0 Å². The summed E-state index contributed by atoms with van der Waals surface area (Å²) in [7, 11) is -3.61. The highest BCUT2D eigenvalue weighted by Crippen LogP contribution is 2.13. The first kappa shape index (κ1) is 15.1. The van der Waals surface area contributed by atoms with Crippen molar-refractivity contribution in [3.8, 4) is 0 Å². The molecule has 2 rings (SSSR count). The zero-order valence-corrected chi connectivity index (χ0v) is 12.0. The molecule has 2 aromatic rings. The smallest absolute Gasteiger partial charge is 0.247 e. The van der Waals surface area contributed by atoms with Gasteiger partial charge in [0.15, 0.2) is 0 Å². The van der Waals surface area contributed by atoms with Crippen molar-refractivity contribution < 1.29 is 8.42 Å². The summed E-state index contributed by atoms with van der Waals surface area (Å²) in [6, 6.07) is 8.17. The first-order valence-electron chi connectivity index (χ1n) is 5.94. The van der Waals surface area contributed by atoms with Crippen LogP contribution in [-0.4, -0.2) is 18.4 Å². The standard InChI is InChI=1S/C11H11N3O2S.C2H6/c1-9-3-5-10(6-4-9)17(15,16)14-11-12-7-2-8-13-11;1-2/h2-8H,1H3,(H,12,13,14);1-2H3. The fourth-order valence-corrected chi connectivity index (χ4v) is 2.21. The van der Waals surface area contributed by atoms with Crippen LogP contribution in [0.2, 0.25) is 0 Å². The second kappa shape index (κ2) is 6.84. The van der Waals surface area contributed by atoms with E-state index < -0.39 is 10.0 Å². The number of nitrogens with one attached hydrogen (secondary N) is 1. The summed E-state index contributed by atoms with van der Waals surface area (Å²) >= 11 is 0. The average Bonchev–Trinajstić information content (AvgIpc) is 2.42. The van der Waals surface area contributed by atoms with Gasteiger partial charge in [0.05, 0.1) is 4.90 Å². The Kier molecular flexibility index (Phi) is 5.44. The third-order valence-electron chi connectivity index (χ3n) is 2.12. The molecular formula is C13H17N3O2S. The van der Waals surface area contributed by atoms with E-state index in [0.717, 1.165) is 5.56 Å². The molecule has 0 radical (unpaired) electrons. The van der Waals surface area contributed by atoms with Crippen LogP contribution in [0.5, 0.6) is 0 Å². The molecule has 1 aromatic carbocycles. The van der Waals surface area contributed by atoms with Gasteiger partial charge in [-0.25, -0.2) is 23.1 Å². The van der Waals surface area contributed by atoms with Crippen LogP contribution in [0.1, 0.15) is 19.4 Å². The van der Waals surface area contributed by atoms with Gasteiger partial charge in [0, 0.05) is 12.4 Å². The Hall–Kier alpha value is -1.95. The lowest BCUT2D eigenvalue weighted by atomic mass is 10.2. The Bertz CT molecular complexity index is 596. The number of sulfonamides is 1. The summed E-state index contributed by atoms with van der Waals surface area (Å²) < 4.78 is 26.1. The van der Waals surface area contributed by atoms with E-state index in [1.165, 1.54) is 12.4 Å². The highest BCUT2D eigenvalue weighted by Gasteiger charge is 2.14. The Labute approximate surface area is 113 Å². The second-order valence-corrected chi connectivity index (χ2v) is 5.17. The molecule has 1 N–H and O–H groups in total. The first-order chi connectivity index (χ1) is 9.08. The number of hydrogen-bond acceptors (Lipinski definition) is 4. The van der Waals surface area contributed by atoms with E-state index in [2.05, 4.69) is 14.7 Å². The van der Waals surface area contributed by atoms with Gasteiger partial charge in [-0.3, -0.25) is 0 Å². The van der Waals surface area contributed by atoms with Crippen molar-refractivity contribution in [2.24, 2.45) is 0 Å². The fraction of sp³-hybridized carbons (Fsp3) is 0.231. The van der Waals surface area contributed by atoms with Gasteiger partial charge in [-0.1, -0.05) is 31.5 Å². The third kappa shape index (κ3) is 4.33. The fourth-order valence-electron chi connectivity index (χ4n) is 1.25. The number of hydrogen-bond donors (Lipinski definition) is 1. The van der Waals surface area contributed by atoms with Gasteiger partial charge < -0.3 is 0 Å². The Morgan fingerprint density at radius 3 is 2.05 bits per heavy atom. The molecule has 0 unspecified atom stereocenters. The molecule has 6 heteroatoms. The lowest BCUT2D eigenvalue weighted by Gasteiger charge is -2.06. The minimum atomic E-state index is -3.61. The van der Waals surface area contributed by atoms with Crippen molar-refractivity contribution in [1.29, 1.82) is 0 Å². The molecule has 0 amide bonds. The predicted octanol–water partition coefficient (Wildman–Crippen LogP) is 2.61. The normalized spacial score (nSPS) is 10.3. The summed E-state index contributed by atoms with van der Waals surface area (Å²) in [5.41, 5.74) is 1.000. The van der Waals surface area contributed by atoms with Crippen LogP contribution in [0.15, 0.2) is 47.6 Å². The minimum absolute atomic E-state index is 0.0630. The molecule has 0 aliphatic heterocycles. The molecule has 0 atom stereocenters. The number of aromatic nitrogens is 2. The molecule has 102 valence electrons. The van der Waals surface area contributed by atoms with E-state index in [-0.39, 0.29) is 10.8 Å². The second-order valence-electron chi connectivity index (χ2n) is 3.49. The molecule has 0 saturated heterocycles. The van der Waals surface area contributed by atoms with Crippen molar-refractivity contribution in [3.63, 3.8) is 0 Å². The molecule has 0 saturated carbocycles. The number of aryl methyl sites for hydroxylation is 1. The van der Waals surface area contributed by atoms with Crippen LogP contribution in [0, 0.1) is 6.92 Å². The number of anilines is 1. The predicted molar refractivity (Wildman–Crippen MR) is 75.4 cm³/mol. The van der Waals surface area contributed by atoms with E-state index >= 15 is 0 Å². The zero-order chi connectivity index (χ0) is 14.3. The van der Waals surface area contributed by atoms with Gasteiger partial charge in [-0.15, -0.1) is 0 Å². The SMILES string of the molecule is CC.Cc1ccc(S(=O)(=O)Nc2ncccn2)cc1. The minimum Gasteiger partial charge on any atom is -0.247 e.